The van der Waals surface area contributed by atoms with Crippen LogP contribution in [0.2, 0.25) is 5.02 Å². The molecule has 8 heteroatoms. The number of rotatable bonds is 4. The van der Waals surface area contributed by atoms with E-state index in [2.05, 4.69) is 15.8 Å². The summed E-state index contributed by atoms with van der Waals surface area (Å²) in [6.45, 7) is 3.67. The Morgan fingerprint density at radius 2 is 1.92 bits per heavy atom. The summed E-state index contributed by atoms with van der Waals surface area (Å²) < 4.78 is 0. The molecule has 6 nitrogen and oxygen atoms in total. The van der Waals surface area contributed by atoms with Gasteiger partial charge >= 0.3 is 0 Å². The van der Waals surface area contributed by atoms with Crippen LogP contribution in [0, 0.1) is 17.0 Å². The molecule has 0 heterocycles. The summed E-state index contributed by atoms with van der Waals surface area (Å²) in [6, 6.07) is 11.6. The van der Waals surface area contributed by atoms with Crippen LogP contribution >= 0.6 is 23.8 Å². The fourth-order valence-corrected chi connectivity index (χ4v) is 2.25. The van der Waals surface area contributed by atoms with E-state index in [4.69, 9.17) is 23.8 Å². The third-order valence-electron chi connectivity index (χ3n) is 3.34. The molecule has 0 saturated heterocycles. The van der Waals surface area contributed by atoms with E-state index in [9.17, 15) is 10.1 Å². The predicted molar refractivity (Wildman–Crippen MR) is 101 cm³/mol. The van der Waals surface area contributed by atoms with E-state index < -0.39 is 4.92 Å². The Bertz CT molecular complexity index is 806. The van der Waals surface area contributed by atoms with Gasteiger partial charge in [0.15, 0.2) is 5.11 Å². The van der Waals surface area contributed by atoms with E-state index in [1.807, 2.05) is 19.1 Å². The summed E-state index contributed by atoms with van der Waals surface area (Å²) in [7, 11) is 0. The van der Waals surface area contributed by atoms with Gasteiger partial charge in [-0.3, -0.25) is 15.5 Å². The molecule has 2 aromatic rings. The third-order valence-corrected chi connectivity index (χ3v) is 3.94. The third kappa shape index (κ3) is 4.50. The van der Waals surface area contributed by atoms with Gasteiger partial charge in [-0.25, -0.2) is 0 Å². The molecule has 0 aromatic heterocycles. The van der Waals surface area contributed by atoms with Crippen LogP contribution < -0.4 is 10.7 Å². The SMILES string of the molecule is C/C(=N/NC(=S)Nc1cccc(Cl)c1C)c1ccc([N+](=O)[O-])cc1. The lowest BCUT2D eigenvalue weighted by molar-refractivity contribution is -0.384. The first-order valence-electron chi connectivity index (χ1n) is 6.99. The van der Waals surface area contributed by atoms with Crippen molar-refractivity contribution < 1.29 is 4.92 Å². The number of thiocarbonyl (C=S) groups is 1. The maximum atomic E-state index is 10.7. The molecule has 2 aromatic carbocycles. The van der Waals surface area contributed by atoms with Crippen molar-refractivity contribution in [1.82, 2.24) is 5.43 Å². The summed E-state index contributed by atoms with van der Waals surface area (Å²) in [4.78, 5) is 10.2. The summed E-state index contributed by atoms with van der Waals surface area (Å²) in [6.07, 6.45) is 0. The molecular formula is C16H15ClN4O2S. The van der Waals surface area contributed by atoms with Crippen molar-refractivity contribution in [2.75, 3.05) is 5.32 Å². The zero-order chi connectivity index (χ0) is 17.7. The van der Waals surface area contributed by atoms with Crippen LogP contribution in [0.5, 0.6) is 0 Å². The van der Waals surface area contributed by atoms with Crippen LogP contribution in [0.25, 0.3) is 0 Å². The number of nitro benzene ring substituents is 1. The normalized spacial score (nSPS) is 11.0. The molecule has 0 fully saturated rings. The molecule has 2 rings (SSSR count). The fraction of sp³-hybridized carbons (Fsp3) is 0.125. The lowest BCUT2D eigenvalue weighted by Gasteiger charge is -2.11. The molecule has 0 atom stereocenters. The molecule has 2 N–H and O–H groups in total. The van der Waals surface area contributed by atoms with Gasteiger partial charge in [0.2, 0.25) is 0 Å². The van der Waals surface area contributed by atoms with E-state index in [0.717, 1.165) is 16.8 Å². The van der Waals surface area contributed by atoms with Crippen molar-refractivity contribution in [3.8, 4) is 0 Å². The van der Waals surface area contributed by atoms with Crippen molar-refractivity contribution in [3.63, 3.8) is 0 Å². The number of benzene rings is 2. The van der Waals surface area contributed by atoms with Crippen LogP contribution in [-0.4, -0.2) is 15.7 Å². The first-order valence-corrected chi connectivity index (χ1v) is 7.78. The number of hydrogen-bond acceptors (Lipinski definition) is 4. The van der Waals surface area contributed by atoms with Crippen molar-refractivity contribution in [1.29, 1.82) is 0 Å². The number of anilines is 1. The number of halogens is 1. The van der Waals surface area contributed by atoms with E-state index >= 15 is 0 Å². The van der Waals surface area contributed by atoms with Crippen molar-refractivity contribution >= 4 is 46.0 Å². The first-order chi connectivity index (χ1) is 11.4. The summed E-state index contributed by atoms with van der Waals surface area (Å²) >= 11 is 11.3. The van der Waals surface area contributed by atoms with Gasteiger partial charge in [0.05, 0.1) is 10.6 Å². The van der Waals surface area contributed by atoms with Crippen molar-refractivity contribution in [2.24, 2.45) is 5.10 Å². The van der Waals surface area contributed by atoms with Gasteiger partial charge in [-0.15, -0.1) is 0 Å². The number of hydrazone groups is 1. The molecule has 0 saturated carbocycles. The lowest BCUT2D eigenvalue weighted by atomic mass is 10.1. The van der Waals surface area contributed by atoms with Gasteiger partial charge in [-0.05, 0) is 61.5 Å². The van der Waals surface area contributed by atoms with Crippen LogP contribution in [-0.2, 0) is 0 Å². The second-order valence-electron chi connectivity index (χ2n) is 4.98. The van der Waals surface area contributed by atoms with Crippen LogP contribution in [0.1, 0.15) is 18.1 Å². The van der Waals surface area contributed by atoms with Gasteiger partial charge in [0, 0.05) is 22.8 Å². The Kier molecular flexibility index (Phi) is 5.83. The first kappa shape index (κ1) is 17.8. The number of non-ortho nitro benzene ring substituents is 1. The molecule has 0 aliphatic heterocycles. The quantitative estimate of drug-likeness (QED) is 0.367. The van der Waals surface area contributed by atoms with Gasteiger partial charge in [-0.1, -0.05) is 17.7 Å². The predicted octanol–water partition coefficient (Wildman–Crippen LogP) is 4.27. The Balaban J connectivity index is 2.02. The van der Waals surface area contributed by atoms with E-state index in [-0.39, 0.29) is 5.69 Å². The Morgan fingerprint density at radius 1 is 1.25 bits per heavy atom. The molecule has 24 heavy (non-hydrogen) atoms. The number of hydrogen-bond donors (Lipinski definition) is 2. The molecule has 0 radical (unpaired) electrons. The van der Waals surface area contributed by atoms with Crippen molar-refractivity contribution in [2.45, 2.75) is 13.8 Å². The Morgan fingerprint density at radius 3 is 2.54 bits per heavy atom. The minimum atomic E-state index is -0.444. The highest BCUT2D eigenvalue weighted by molar-refractivity contribution is 7.80. The number of nitrogens with zero attached hydrogens (tertiary/aromatic N) is 2. The zero-order valence-electron chi connectivity index (χ0n) is 13.0. The highest BCUT2D eigenvalue weighted by Gasteiger charge is 2.06. The molecule has 124 valence electrons. The number of nitrogens with one attached hydrogen (secondary N) is 2. The number of nitro groups is 1. The molecule has 0 aliphatic carbocycles. The van der Waals surface area contributed by atoms with Crippen LogP contribution in [0.15, 0.2) is 47.6 Å². The summed E-state index contributed by atoms with van der Waals surface area (Å²) in [5.41, 5.74) is 5.87. The topological polar surface area (TPSA) is 79.6 Å². The second kappa shape index (κ2) is 7.85. The highest BCUT2D eigenvalue weighted by atomic mass is 35.5. The molecule has 0 amide bonds. The summed E-state index contributed by atoms with van der Waals surface area (Å²) in [5.74, 6) is 0. The Hall–Kier alpha value is -2.51. The van der Waals surface area contributed by atoms with Gasteiger partial charge in [0.25, 0.3) is 5.69 Å². The maximum absolute atomic E-state index is 10.7. The molecule has 0 spiro atoms. The lowest BCUT2D eigenvalue weighted by Crippen LogP contribution is -2.25. The van der Waals surface area contributed by atoms with Crippen molar-refractivity contribution in [3.05, 3.63) is 68.7 Å². The van der Waals surface area contributed by atoms with Gasteiger partial charge < -0.3 is 5.32 Å². The molecule has 0 bridgehead atoms. The van der Waals surface area contributed by atoms with Crippen LogP contribution in [0.3, 0.4) is 0 Å². The van der Waals surface area contributed by atoms with E-state index in [1.54, 1.807) is 25.1 Å². The highest BCUT2D eigenvalue weighted by Crippen LogP contribution is 2.22. The second-order valence-corrected chi connectivity index (χ2v) is 5.79. The van der Waals surface area contributed by atoms with E-state index in [1.165, 1.54) is 12.1 Å². The summed E-state index contributed by atoms with van der Waals surface area (Å²) in [5, 5.41) is 18.8. The monoisotopic (exact) mass is 362 g/mol. The minimum Gasteiger partial charge on any atom is -0.331 e. The van der Waals surface area contributed by atoms with Gasteiger partial charge in [-0.2, -0.15) is 5.10 Å². The molecule has 0 aliphatic rings. The average Bonchev–Trinajstić information content (AvgIpc) is 2.57. The smallest absolute Gasteiger partial charge is 0.269 e. The minimum absolute atomic E-state index is 0.0353. The molecule has 0 unspecified atom stereocenters. The standard InChI is InChI=1S/C16H15ClN4O2S/c1-10-14(17)4-3-5-15(10)18-16(24)20-19-11(2)12-6-8-13(9-7-12)21(22)23/h3-9H,1-2H3,(H2,18,20,24)/b19-11-. The van der Waals surface area contributed by atoms with Crippen LogP contribution in [0.4, 0.5) is 11.4 Å². The zero-order valence-corrected chi connectivity index (χ0v) is 14.6. The Labute approximate surface area is 149 Å². The fourth-order valence-electron chi connectivity index (χ4n) is 1.92. The largest absolute Gasteiger partial charge is 0.331 e. The van der Waals surface area contributed by atoms with E-state index in [0.29, 0.717) is 15.8 Å². The average molecular weight is 363 g/mol. The maximum Gasteiger partial charge on any atom is 0.269 e. The molecular weight excluding hydrogens is 348 g/mol. The van der Waals surface area contributed by atoms with Gasteiger partial charge in [0.1, 0.15) is 0 Å².